The Labute approximate surface area is 159 Å². The van der Waals surface area contributed by atoms with Crippen molar-refractivity contribution in [2.45, 2.75) is 13.8 Å². The molecule has 0 radical (unpaired) electrons. The summed E-state index contributed by atoms with van der Waals surface area (Å²) in [6.07, 6.45) is 2.66. The zero-order valence-corrected chi connectivity index (χ0v) is 15.2. The van der Waals surface area contributed by atoms with Crippen molar-refractivity contribution in [3.63, 3.8) is 0 Å². The average Bonchev–Trinajstić information content (AvgIpc) is 2.61. The minimum absolute atomic E-state index is 0.0250. The number of amides is 1. The van der Waals surface area contributed by atoms with Gasteiger partial charge in [-0.05, 0) is 43.2 Å². The molecule has 0 spiro atoms. The van der Waals surface area contributed by atoms with E-state index >= 15 is 0 Å². The maximum Gasteiger partial charge on any atom is 0.275 e. The van der Waals surface area contributed by atoms with E-state index in [0.717, 1.165) is 23.3 Å². The summed E-state index contributed by atoms with van der Waals surface area (Å²) in [5.74, 6) is -2.23. The summed E-state index contributed by atoms with van der Waals surface area (Å²) in [5.41, 5.74) is 2.83. The standard InChI is InChI=1S/C19H15ClF2N4O/c1-10-5-11(2)18(13(20)6-10)26-17-9-23-16(8-24-17)19(27)25-12-3-4-14(21)15(22)7-12/h3-9H,1-2H3,(H,24,26)(H,25,27). The molecule has 0 aliphatic carbocycles. The number of benzene rings is 2. The molecule has 8 heteroatoms. The van der Waals surface area contributed by atoms with Crippen LogP contribution in [0.4, 0.5) is 26.0 Å². The molecule has 3 rings (SSSR count). The van der Waals surface area contributed by atoms with Gasteiger partial charge in [0, 0.05) is 11.8 Å². The molecule has 27 heavy (non-hydrogen) atoms. The first-order valence-electron chi connectivity index (χ1n) is 7.95. The molecule has 1 aromatic heterocycles. The molecule has 0 saturated carbocycles. The highest BCUT2D eigenvalue weighted by atomic mass is 35.5. The second-order valence-corrected chi connectivity index (χ2v) is 6.34. The van der Waals surface area contributed by atoms with Crippen molar-refractivity contribution in [2.75, 3.05) is 10.6 Å². The lowest BCUT2D eigenvalue weighted by Crippen LogP contribution is -2.14. The van der Waals surface area contributed by atoms with Gasteiger partial charge < -0.3 is 10.6 Å². The quantitative estimate of drug-likeness (QED) is 0.658. The van der Waals surface area contributed by atoms with E-state index in [1.165, 1.54) is 18.5 Å². The Morgan fingerprint density at radius 2 is 1.81 bits per heavy atom. The highest BCUT2D eigenvalue weighted by Crippen LogP contribution is 2.29. The van der Waals surface area contributed by atoms with E-state index in [9.17, 15) is 13.6 Å². The fourth-order valence-electron chi connectivity index (χ4n) is 2.48. The molecule has 0 aliphatic heterocycles. The second kappa shape index (κ2) is 7.67. The minimum atomic E-state index is -1.05. The lowest BCUT2D eigenvalue weighted by molar-refractivity contribution is 0.102. The van der Waals surface area contributed by atoms with Crippen LogP contribution in [-0.2, 0) is 0 Å². The Morgan fingerprint density at radius 1 is 1.04 bits per heavy atom. The third-order valence-electron chi connectivity index (χ3n) is 3.75. The number of rotatable bonds is 4. The first kappa shape index (κ1) is 18.7. The van der Waals surface area contributed by atoms with E-state index < -0.39 is 17.5 Å². The highest BCUT2D eigenvalue weighted by Gasteiger charge is 2.12. The number of halogens is 3. The normalized spacial score (nSPS) is 10.6. The molecule has 0 atom stereocenters. The highest BCUT2D eigenvalue weighted by molar-refractivity contribution is 6.33. The number of anilines is 3. The van der Waals surface area contributed by atoms with Gasteiger partial charge in [-0.3, -0.25) is 4.79 Å². The zero-order chi connectivity index (χ0) is 19.6. The molecule has 1 amide bonds. The fraction of sp³-hybridized carbons (Fsp3) is 0.105. The largest absolute Gasteiger partial charge is 0.338 e. The molecular formula is C19H15ClF2N4O. The molecule has 2 aromatic carbocycles. The molecule has 0 bridgehead atoms. The van der Waals surface area contributed by atoms with Crippen molar-refractivity contribution in [1.82, 2.24) is 9.97 Å². The summed E-state index contributed by atoms with van der Waals surface area (Å²) in [6, 6.07) is 6.87. The Balaban J connectivity index is 1.73. The molecule has 2 N–H and O–H groups in total. The van der Waals surface area contributed by atoms with Crippen molar-refractivity contribution in [2.24, 2.45) is 0 Å². The Morgan fingerprint density at radius 3 is 2.44 bits per heavy atom. The summed E-state index contributed by atoms with van der Waals surface area (Å²) >= 11 is 6.25. The summed E-state index contributed by atoms with van der Waals surface area (Å²) in [4.78, 5) is 20.3. The monoisotopic (exact) mass is 388 g/mol. The Hall–Kier alpha value is -3.06. The third-order valence-corrected chi connectivity index (χ3v) is 4.04. The maximum atomic E-state index is 13.2. The van der Waals surface area contributed by atoms with Crippen LogP contribution in [0.15, 0.2) is 42.7 Å². The van der Waals surface area contributed by atoms with E-state index in [1.54, 1.807) is 0 Å². The van der Waals surface area contributed by atoms with Crippen LogP contribution >= 0.6 is 11.6 Å². The van der Waals surface area contributed by atoms with E-state index in [2.05, 4.69) is 20.6 Å². The summed E-state index contributed by atoms with van der Waals surface area (Å²) in [6.45, 7) is 3.86. The van der Waals surface area contributed by atoms with Crippen molar-refractivity contribution < 1.29 is 13.6 Å². The SMILES string of the molecule is Cc1cc(C)c(Nc2cnc(C(=O)Nc3ccc(F)c(F)c3)cn2)c(Cl)c1. The van der Waals surface area contributed by atoms with E-state index in [4.69, 9.17) is 11.6 Å². The molecule has 3 aromatic rings. The molecule has 1 heterocycles. The smallest absolute Gasteiger partial charge is 0.275 e. The number of nitrogens with one attached hydrogen (secondary N) is 2. The lowest BCUT2D eigenvalue weighted by Gasteiger charge is -2.12. The lowest BCUT2D eigenvalue weighted by atomic mass is 10.1. The third kappa shape index (κ3) is 4.38. The number of hydrogen-bond donors (Lipinski definition) is 2. The predicted octanol–water partition coefficient (Wildman–Crippen LogP) is 5.02. The first-order valence-corrected chi connectivity index (χ1v) is 8.33. The summed E-state index contributed by atoms with van der Waals surface area (Å²) < 4.78 is 26.1. The van der Waals surface area contributed by atoms with Crippen LogP contribution in [0.2, 0.25) is 5.02 Å². The molecule has 0 unspecified atom stereocenters. The number of nitrogens with zero attached hydrogens (tertiary/aromatic N) is 2. The van der Waals surface area contributed by atoms with Gasteiger partial charge in [0.25, 0.3) is 5.91 Å². The van der Waals surface area contributed by atoms with Crippen molar-refractivity contribution in [1.29, 1.82) is 0 Å². The van der Waals surface area contributed by atoms with Gasteiger partial charge in [-0.2, -0.15) is 0 Å². The Kier molecular flexibility index (Phi) is 5.32. The predicted molar refractivity (Wildman–Crippen MR) is 101 cm³/mol. The van der Waals surface area contributed by atoms with Crippen molar-refractivity contribution >= 4 is 34.7 Å². The fourth-order valence-corrected chi connectivity index (χ4v) is 2.85. The van der Waals surface area contributed by atoms with Crippen LogP contribution < -0.4 is 10.6 Å². The maximum absolute atomic E-state index is 13.2. The molecule has 0 fully saturated rings. The van der Waals surface area contributed by atoms with Gasteiger partial charge in [0.1, 0.15) is 11.5 Å². The first-order chi connectivity index (χ1) is 12.8. The summed E-state index contributed by atoms with van der Waals surface area (Å²) in [7, 11) is 0. The topological polar surface area (TPSA) is 66.9 Å². The minimum Gasteiger partial charge on any atom is -0.338 e. The van der Waals surface area contributed by atoms with Gasteiger partial charge in [0.15, 0.2) is 11.6 Å². The van der Waals surface area contributed by atoms with Crippen LogP contribution in [0, 0.1) is 25.5 Å². The molecule has 0 saturated heterocycles. The van der Waals surface area contributed by atoms with Crippen LogP contribution in [-0.4, -0.2) is 15.9 Å². The summed E-state index contributed by atoms with van der Waals surface area (Å²) in [5, 5.41) is 6.05. The Bertz CT molecular complexity index is 986. The van der Waals surface area contributed by atoms with Gasteiger partial charge in [0.05, 0.1) is 23.1 Å². The zero-order valence-electron chi connectivity index (χ0n) is 14.5. The number of hydrogen-bond acceptors (Lipinski definition) is 4. The number of carbonyl (C=O) groups is 1. The van der Waals surface area contributed by atoms with Gasteiger partial charge in [-0.25, -0.2) is 18.7 Å². The number of aromatic nitrogens is 2. The van der Waals surface area contributed by atoms with Gasteiger partial charge in [0.2, 0.25) is 0 Å². The number of carbonyl (C=O) groups excluding carboxylic acids is 1. The van der Waals surface area contributed by atoms with Crippen LogP contribution in [0.3, 0.4) is 0 Å². The van der Waals surface area contributed by atoms with Gasteiger partial charge in [-0.1, -0.05) is 17.7 Å². The van der Waals surface area contributed by atoms with Crippen LogP contribution in [0.5, 0.6) is 0 Å². The molecule has 5 nitrogen and oxygen atoms in total. The van der Waals surface area contributed by atoms with Crippen LogP contribution in [0.25, 0.3) is 0 Å². The van der Waals surface area contributed by atoms with E-state index in [-0.39, 0.29) is 11.4 Å². The molecule has 0 aliphatic rings. The van der Waals surface area contributed by atoms with Gasteiger partial charge in [-0.15, -0.1) is 0 Å². The number of aryl methyl sites for hydroxylation is 2. The average molecular weight is 389 g/mol. The van der Waals surface area contributed by atoms with Crippen LogP contribution in [0.1, 0.15) is 21.6 Å². The van der Waals surface area contributed by atoms with E-state index in [1.807, 2.05) is 26.0 Å². The van der Waals surface area contributed by atoms with Crippen molar-refractivity contribution in [3.8, 4) is 0 Å². The molecular weight excluding hydrogens is 374 g/mol. The van der Waals surface area contributed by atoms with Gasteiger partial charge >= 0.3 is 0 Å². The van der Waals surface area contributed by atoms with E-state index in [0.29, 0.717) is 16.5 Å². The second-order valence-electron chi connectivity index (χ2n) is 5.93. The molecule has 138 valence electrons. The van der Waals surface area contributed by atoms with Crippen molar-refractivity contribution in [3.05, 3.63) is 76.2 Å².